The largest absolute Gasteiger partial charge is 0.462 e. The number of carbonyl (C=O) groups is 2. The number of unbranched alkanes of at least 4 members (excludes halogenated alkanes) is 15. The third-order valence-corrected chi connectivity index (χ3v) is 8.77. The van der Waals surface area contributed by atoms with E-state index in [0.29, 0.717) is 25.0 Å². The lowest BCUT2D eigenvalue weighted by atomic mass is 10.0. The van der Waals surface area contributed by atoms with Crippen LogP contribution in [0, 0.1) is 5.92 Å². The van der Waals surface area contributed by atoms with Gasteiger partial charge in [-0.1, -0.05) is 147 Å². The number of esters is 2. The second-order valence-corrected chi connectivity index (χ2v) is 13.9. The Labute approximate surface area is 289 Å². The number of aliphatic hydroxyl groups excluding tert-OH is 1. The molecule has 0 saturated carbocycles. The minimum Gasteiger partial charge on any atom is -0.462 e. The smallest absolute Gasteiger partial charge is 0.306 e. The van der Waals surface area contributed by atoms with Crippen molar-refractivity contribution in [1.29, 1.82) is 0 Å². The maximum atomic E-state index is 12.2. The van der Waals surface area contributed by atoms with E-state index in [4.69, 9.17) is 14.2 Å². The summed E-state index contributed by atoms with van der Waals surface area (Å²) in [5, 5.41) is 9.55. The first-order valence-corrected chi connectivity index (χ1v) is 19.5. The van der Waals surface area contributed by atoms with Crippen LogP contribution < -0.4 is 0 Å². The van der Waals surface area contributed by atoms with E-state index in [1.807, 2.05) is 0 Å². The summed E-state index contributed by atoms with van der Waals surface area (Å²) in [4.78, 5) is 24.2. The van der Waals surface area contributed by atoms with Gasteiger partial charge in [0.1, 0.15) is 6.61 Å². The molecule has 0 aromatic heterocycles. The second kappa shape index (κ2) is 31.4. The zero-order chi connectivity index (χ0) is 34.2. The van der Waals surface area contributed by atoms with E-state index in [-0.39, 0.29) is 31.6 Å². The summed E-state index contributed by atoms with van der Waals surface area (Å²) in [6.45, 7) is 6.39. The Morgan fingerprint density at radius 3 is 1.81 bits per heavy atom. The molecule has 47 heavy (non-hydrogen) atoms. The molecule has 6 nitrogen and oxygen atoms in total. The molecule has 0 amide bonds. The maximum absolute atomic E-state index is 12.2. The summed E-state index contributed by atoms with van der Waals surface area (Å²) in [7, 11) is 0. The molecule has 1 rings (SSSR count). The van der Waals surface area contributed by atoms with Crippen molar-refractivity contribution >= 4 is 11.9 Å². The fourth-order valence-electron chi connectivity index (χ4n) is 5.65. The van der Waals surface area contributed by atoms with Crippen LogP contribution in [0.15, 0.2) is 36.5 Å². The van der Waals surface area contributed by atoms with Crippen LogP contribution in [0.1, 0.15) is 175 Å². The zero-order valence-electron chi connectivity index (χ0n) is 30.6. The molecule has 1 heterocycles. The van der Waals surface area contributed by atoms with E-state index in [0.717, 1.165) is 50.9 Å². The highest BCUT2D eigenvalue weighted by Crippen LogP contribution is 2.29. The zero-order valence-corrected chi connectivity index (χ0v) is 30.6. The molecule has 0 spiro atoms. The Bertz CT molecular complexity index is 832. The third-order valence-electron chi connectivity index (χ3n) is 8.77. The van der Waals surface area contributed by atoms with Crippen LogP contribution in [0.25, 0.3) is 0 Å². The van der Waals surface area contributed by atoms with Gasteiger partial charge < -0.3 is 19.3 Å². The summed E-state index contributed by atoms with van der Waals surface area (Å²) in [6, 6.07) is 0. The normalized spacial score (nSPS) is 17.0. The predicted molar refractivity (Wildman–Crippen MR) is 195 cm³/mol. The van der Waals surface area contributed by atoms with Gasteiger partial charge in [0.25, 0.3) is 0 Å². The molecule has 0 aliphatic carbocycles. The Morgan fingerprint density at radius 2 is 1.19 bits per heavy atom. The van der Waals surface area contributed by atoms with Crippen molar-refractivity contribution in [3.05, 3.63) is 36.5 Å². The first kappa shape index (κ1) is 43.1. The Kier molecular flexibility index (Phi) is 28.8. The molecule has 1 aliphatic rings. The van der Waals surface area contributed by atoms with Crippen LogP contribution in [0.5, 0.6) is 0 Å². The Hall–Kier alpha value is -1.92. The van der Waals surface area contributed by atoms with Gasteiger partial charge in [-0.2, -0.15) is 0 Å². The molecule has 0 aromatic carbocycles. The number of hydrogen-bond acceptors (Lipinski definition) is 6. The minimum absolute atomic E-state index is 0.0899. The van der Waals surface area contributed by atoms with Crippen LogP contribution in [0.4, 0.5) is 0 Å². The van der Waals surface area contributed by atoms with E-state index in [1.165, 1.54) is 89.9 Å². The lowest BCUT2D eigenvalue weighted by Gasteiger charge is -2.15. The van der Waals surface area contributed by atoms with Crippen molar-refractivity contribution in [3.63, 3.8) is 0 Å². The number of carbonyl (C=O) groups excluding carboxylic acids is 2. The van der Waals surface area contributed by atoms with Crippen LogP contribution >= 0.6 is 0 Å². The van der Waals surface area contributed by atoms with E-state index in [2.05, 4.69) is 57.2 Å². The van der Waals surface area contributed by atoms with Crippen molar-refractivity contribution in [2.24, 2.45) is 5.92 Å². The third kappa shape index (κ3) is 28.8. The van der Waals surface area contributed by atoms with Gasteiger partial charge in [-0.05, 0) is 57.3 Å². The van der Waals surface area contributed by atoms with Gasteiger partial charge >= 0.3 is 11.9 Å². The molecule has 1 fully saturated rings. The summed E-state index contributed by atoms with van der Waals surface area (Å²) >= 11 is 0. The number of rotatable bonds is 33. The van der Waals surface area contributed by atoms with Crippen LogP contribution in [0.2, 0.25) is 0 Å². The molecule has 272 valence electrons. The Morgan fingerprint density at radius 1 is 0.660 bits per heavy atom. The van der Waals surface area contributed by atoms with E-state index in [1.54, 1.807) is 0 Å². The average Bonchev–Trinajstić information content (AvgIpc) is 3.81. The predicted octanol–water partition coefficient (Wildman–Crippen LogP) is 10.9. The van der Waals surface area contributed by atoms with Crippen LogP contribution in [0.3, 0.4) is 0 Å². The number of hydrogen-bond donors (Lipinski definition) is 1. The summed E-state index contributed by atoms with van der Waals surface area (Å²) in [5.74, 6) is 0.176. The topological polar surface area (TPSA) is 85.4 Å². The number of epoxide rings is 1. The van der Waals surface area contributed by atoms with Gasteiger partial charge in [-0.15, -0.1) is 0 Å². The van der Waals surface area contributed by atoms with Gasteiger partial charge in [0.05, 0.1) is 18.8 Å². The molecule has 1 N–H and O–H groups in total. The Balaban J connectivity index is 1.93. The fourth-order valence-corrected chi connectivity index (χ4v) is 5.65. The summed E-state index contributed by atoms with van der Waals surface area (Å²) < 4.78 is 16.3. The standard InChI is InChI=1S/C41H72O6/c1-4-5-6-7-20-25-30-38-39(47-38)31-26-21-16-14-18-23-28-33-41(44)46-37(34-42)35-45-40(43)32-27-22-17-13-11-9-8-10-12-15-19-24-29-36(2)3/h14,18,20-21,25-26,36-39,42H,4-13,15-17,19,22-24,27-35H2,1-3H3/b18-14-,25-20-,26-21-/t37-,38?,39?/m0/s1. The highest BCUT2D eigenvalue weighted by atomic mass is 16.6. The van der Waals surface area contributed by atoms with Crippen molar-refractivity contribution in [2.75, 3.05) is 13.2 Å². The highest BCUT2D eigenvalue weighted by molar-refractivity contribution is 5.70. The fraction of sp³-hybridized carbons (Fsp3) is 0.805. The van der Waals surface area contributed by atoms with Crippen molar-refractivity contribution in [1.82, 2.24) is 0 Å². The van der Waals surface area contributed by atoms with E-state index >= 15 is 0 Å². The number of ether oxygens (including phenoxy) is 3. The van der Waals surface area contributed by atoms with Crippen molar-refractivity contribution in [2.45, 2.75) is 193 Å². The quantitative estimate of drug-likeness (QED) is 0.0326. The molecule has 2 unspecified atom stereocenters. The number of aliphatic hydroxyl groups is 1. The summed E-state index contributed by atoms with van der Waals surface area (Å²) in [5.41, 5.74) is 0. The number of allylic oxidation sites excluding steroid dienone is 4. The lowest BCUT2D eigenvalue weighted by Crippen LogP contribution is -2.28. The van der Waals surface area contributed by atoms with Crippen molar-refractivity contribution in [3.8, 4) is 0 Å². The molecular weight excluding hydrogens is 588 g/mol. The van der Waals surface area contributed by atoms with E-state index < -0.39 is 6.10 Å². The van der Waals surface area contributed by atoms with Gasteiger partial charge in [0, 0.05) is 12.8 Å². The van der Waals surface area contributed by atoms with Gasteiger partial charge in [-0.25, -0.2) is 0 Å². The van der Waals surface area contributed by atoms with Gasteiger partial charge in [-0.3, -0.25) is 9.59 Å². The lowest BCUT2D eigenvalue weighted by molar-refractivity contribution is -0.161. The highest BCUT2D eigenvalue weighted by Gasteiger charge is 2.35. The molecular formula is C41H72O6. The van der Waals surface area contributed by atoms with Crippen LogP contribution in [-0.4, -0.2) is 48.6 Å². The second-order valence-electron chi connectivity index (χ2n) is 13.9. The molecule has 3 atom stereocenters. The average molecular weight is 661 g/mol. The summed E-state index contributed by atoms with van der Waals surface area (Å²) in [6.07, 6.45) is 39.5. The van der Waals surface area contributed by atoms with Gasteiger partial charge in [0.2, 0.25) is 0 Å². The molecule has 0 aromatic rings. The maximum Gasteiger partial charge on any atom is 0.306 e. The molecule has 1 aliphatic heterocycles. The molecule has 0 radical (unpaired) electrons. The molecule has 6 heteroatoms. The first-order valence-electron chi connectivity index (χ1n) is 19.5. The molecule has 1 saturated heterocycles. The van der Waals surface area contributed by atoms with Crippen LogP contribution in [-0.2, 0) is 23.8 Å². The minimum atomic E-state index is -0.802. The molecule has 0 bridgehead atoms. The van der Waals surface area contributed by atoms with Gasteiger partial charge in [0.15, 0.2) is 6.10 Å². The van der Waals surface area contributed by atoms with Crippen molar-refractivity contribution < 1.29 is 28.9 Å². The van der Waals surface area contributed by atoms with E-state index in [9.17, 15) is 14.7 Å². The monoisotopic (exact) mass is 661 g/mol. The first-order chi connectivity index (χ1) is 23.0. The SMILES string of the molecule is CCCCC/C=C\CC1OC1C/C=C\C/C=C\CCCC(=O)O[C@@H](CO)COC(=O)CCCCCCCCCCCCCCC(C)C.